The molecule has 2 N–H and O–H groups in total. The summed E-state index contributed by atoms with van der Waals surface area (Å²) in [5.41, 5.74) is 0.979. The zero-order chi connectivity index (χ0) is 16.1. The fourth-order valence-corrected chi connectivity index (χ4v) is 3.10. The summed E-state index contributed by atoms with van der Waals surface area (Å²) in [4.78, 5) is 22.4. The van der Waals surface area contributed by atoms with Crippen LogP contribution in [0.2, 0.25) is 10.0 Å². The van der Waals surface area contributed by atoms with Crippen molar-refractivity contribution in [1.82, 2.24) is 5.32 Å². The molecule has 1 aromatic carbocycles. The minimum absolute atomic E-state index is 0.0160. The van der Waals surface area contributed by atoms with Gasteiger partial charge in [0, 0.05) is 28.9 Å². The molecular weight excluding hydrogens is 325 g/mol. The lowest BCUT2D eigenvalue weighted by Gasteiger charge is -2.06. The highest BCUT2D eigenvalue weighted by Crippen LogP contribution is 2.49. The number of carboxylic acid groups (broad SMARTS) is 1. The molecule has 0 spiro atoms. The van der Waals surface area contributed by atoms with Gasteiger partial charge in [-0.05, 0) is 42.9 Å². The summed E-state index contributed by atoms with van der Waals surface area (Å²) in [5, 5.41) is 12.6. The van der Waals surface area contributed by atoms with Gasteiger partial charge < -0.3 is 10.4 Å². The van der Waals surface area contributed by atoms with Crippen molar-refractivity contribution >= 4 is 35.1 Å². The maximum atomic E-state index is 12.0. The molecule has 1 fully saturated rings. The van der Waals surface area contributed by atoms with E-state index in [4.69, 9.17) is 28.3 Å². The smallest absolute Gasteiger partial charge is 0.303 e. The Hall–Kier alpha value is -1.26. The van der Waals surface area contributed by atoms with Crippen LogP contribution < -0.4 is 5.32 Å². The quantitative estimate of drug-likeness (QED) is 0.704. The van der Waals surface area contributed by atoms with Crippen LogP contribution >= 0.6 is 23.2 Å². The van der Waals surface area contributed by atoms with E-state index in [1.54, 1.807) is 12.1 Å². The number of nitrogens with one attached hydrogen (secondary N) is 1. The van der Waals surface area contributed by atoms with Crippen LogP contribution in [0.25, 0.3) is 0 Å². The molecule has 1 aliphatic carbocycles. The maximum Gasteiger partial charge on any atom is 0.303 e. The number of unbranched alkanes of at least 4 members (excludes halogenated alkanes) is 2. The Balaban J connectivity index is 1.69. The number of amides is 1. The van der Waals surface area contributed by atoms with E-state index in [1.165, 1.54) is 0 Å². The van der Waals surface area contributed by atoms with Crippen LogP contribution in [-0.4, -0.2) is 23.5 Å². The number of aliphatic carboxylic acids is 1. The Kier molecular flexibility index (Phi) is 6.09. The minimum Gasteiger partial charge on any atom is -0.481 e. The van der Waals surface area contributed by atoms with Crippen molar-refractivity contribution in [3.05, 3.63) is 33.8 Å². The first-order valence-corrected chi connectivity index (χ1v) is 8.19. The summed E-state index contributed by atoms with van der Waals surface area (Å²) in [6, 6.07) is 5.38. The van der Waals surface area contributed by atoms with Crippen molar-refractivity contribution < 1.29 is 14.7 Å². The van der Waals surface area contributed by atoms with Gasteiger partial charge >= 0.3 is 5.97 Å². The molecule has 120 valence electrons. The second-order valence-corrected chi connectivity index (χ2v) is 6.45. The van der Waals surface area contributed by atoms with E-state index in [9.17, 15) is 9.59 Å². The van der Waals surface area contributed by atoms with Crippen molar-refractivity contribution in [2.24, 2.45) is 5.92 Å². The minimum atomic E-state index is -0.773. The molecule has 2 unspecified atom stereocenters. The molecule has 1 aromatic rings. The highest BCUT2D eigenvalue weighted by Gasteiger charge is 2.44. The second-order valence-electron chi connectivity index (χ2n) is 5.61. The van der Waals surface area contributed by atoms with Gasteiger partial charge in [0.2, 0.25) is 5.91 Å². The normalized spacial score (nSPS) is 19.7. The van der Waals surface area contributed by atoms with Gasteiger partial charge in [-0.2, -0.15) is 0 Å². The number of carboxylic acids is 1. The summed E-state index contributed by atoms with van der Waals surface area (Å²) in [7, 11) is 0. The first-order chi connectivity index (χ1) is 10.5. The first kappa shape index (κ1) is 17.1. The molecule has 1 saturated carbocycles. The number of hydrogen-bond donors (Lipinski definition) is 2. The topological polar surface area (TPSA) is 66.4 Å². The number of halogens is 2. The van der Waals surface area contributed by atoms with Crippen LogP contribution in [0.3, 0.4) is 0 Å². The monoisotopic (exact) mass is 343 g/mol. The van der Waals surface area contributed by atoms with Crippen molar-refractivity contribution in [1.29, 1.82) is 0 Å². The first-order valence-electron chi connectivity index (χ1n) is 7.43. The van der Waals surface area contributed by atoms with Crippen molar-refractivity contribution in [3.8, 4) is 0 Å². The molecule has 1 aliphatic rings. The summed E-state index contributed by atoms with van der Waals surface area (Å²) < 4.78 is 0. The van der Waals surface area contributed by atoms with Gasteiger partial charge in [0.1, 0.15) is 0 Å². The summed E-state index contributed by atoms with van der Waals surface area (Å²) in [6.07, 6.45) is 3.26. The second kappa shape index (κ2) is 7.84. The molecule has 1 amide bonds. The van der Waals surface area contributed by atoms with Gasteiger partial charge in [0.25, 0.3) is 0 Å². The third-order valence-electron chi connectivity index (χ3n) is 3.86. The molecule has 2 atom stereocenters. The van der Waals surface area contributed by atoms with Gasteiger partial charge in [0.15, 0.2) is 0 Å². The van der Waals surface area contributed by atoms with E-state index in [0.717, 1.165) is 24.8 Å². The van der Waals surface area contributed by atoms with Gasteiger partial charge in [-0.25, -0.2) is 0 Å². The number of carbonyl (C=O) groups excluding carboxylic acids is 1. The van der Waals surface area contributed by atoms with Gasteiger partial charge in [0.05, 0.1) is 0 Å². The standard InChI is InChI=1S/C16H19Cl2NO3/c17-10-5-6-11(14(18)8-10)12-9-13(12)16(22)19-7-3-1-2-4-15(20)21/h5-6,8,12-13H,1-4,7,9H2,(H,19,22)(H,20,21). The van der Waals surface area contributed by atoms with Crippen LogP contribution in [0.15, 0.2) is 18.2 Å². The molecule has 0 saturated heterocycles. The molecule has 0 aromatic heterocycles. The SMILES string of the molecule is O=C(O)CCCCCNC(=O)C1CC1c1ccc(Cl)cc1Cl. The van der Waals surface area contributed by atoms with Crippen molar-refractivity contribution in [2.75, 3.05) is 6.54 Å². The maximum absolute atomic E-state index is 12.0. The van der Waals surface area contributed by atoms with Crippen molar-refractivity contribution in [2.45, 2.75) is 38.0 Å². The Morgan fingerprint density at radius 3 is 2.68 bits per heavy atom. The summed E-state index contributed by atoms with van der Waals surface area (Å²) >= 11 is 12.0. The molecule has 0 bridgehead atoms. The highest BCUT2D eigenvalue weighted by atomic mass is 35.5. The number of carbonyl (C=O) groups is 2. The lowest BCUT2D eigenvalue weighted by atomic mass is 10.1. The van der Waals surface area contributed by atoms with E-state index < -0.39 is 5.97 Å². The van der Waals surface area contributed by atoms with Gasteiger partial charge in [-0.3, -0.25) is 9.59 Å². The van der Waals surface area contributed by atoms with Crippen LogP contribution in [0.1, 0.15) is 43.6 Å². The van der Waals surface area contributed by atoms with Crippen LogP contribution in [0.4, 0.5) is 0 Å². The predicted octanol–water partition coefficient (Wildman–Crippen LogP) is 3.86. The Bertz CT molecular complexity index is 562. The average Bonchev–Trinajstić information content (AvgIpc) is 3.22. The molecule has 0 aliphatic heterocycles. The van der Waals surface area contributed by atoms with Crippen molar-refractivity contribution in [3.63, 3.8) is 0 Å². The van der Waals surface area contributed by atoms with Crippen LogP contribution in [-0.2, 0) is 9.59 Å². The van der Waals surface area contributed by atoms with E-state index in [0.29, 0.717) is 23.0 Å². The zero-order valence-electron chi connectivity index (χ0n) is 12.1. The molecule has 0 radical (unpaired) electrons. The molecule has 2 rings (SSSR count). The fraction of sp³-hybridized carbons (Fsp3) is 0.500. The van der Waals surface area contributed by atoms with Crippen LogP contribution in [0, 0.1) is 5.92 Å². The summed E-state index contributed by atoms with van der Waals surface area (Å²) in [6.45, 7) is 0.593. The molecule has 22 heavy (non-hydrogen) atoms. The third kappa shape index (κ3) is 4.89. The van der Waals surface area contributed by atoms with Gasteiger partial charge in [-0.1, -0.05) is 35.7 Å². The Morgan fingerprint density at radius 2 is 2.00 bits per heavy atom. The Labute approximate surface area is 139 Å². The number of rotatable bonds is 8. The number of hydrogen-bond acceptors (Lipinski definition) is 2. The summed E-state index contributed by atoms with van der Waals surface area (Å²) in [5.74, 6) is -0.562. The molecule has 0 heterocycles. The average molecular weight is 344 g/mol. The van der Waals surface area contributed by atoms with E-state index in [1.807, 2.05) is 6.07 Å². The molecular formula is C16H19Cl2NO3. The van der Waals surface area contributed by atoms with E-state index in [2.05, 4.69) is 5.32 Å². The molecule has 6 heteroatoms. The molecule has 4 nitrogen and oxygen atoms in total. The van der Waals surface area contributed by atoms with Gasteiger partial charge in [-0.15, -0.1) is 0 Å². The fourth-order valence-electron chi connectivity index (χ4n) is 2.55. The van der Waals surface area contributed by atoms with E-state index in [-0.39, 0.29) is 24.2 Å². The number of benzene rings is 1. The lowest BCUT2D eigenvalue weighted by Crippen LogP contribution is -2.26. The Morgan fingerprint density at radius 1 is 1.23 bits per heavy atom. The largest absolute Gasteiger partial charge is 0.481 e. The van der Waals surface area contributed by atoms with E-state index >= 15 is 0 Å². The zero-order valence-corrected chi connectivity index (χ0v) is 13.7. The third-order valence-corrected chi connectivity index (χ3v) is 4.42. The lowest BCUT2D eigenvalue weighted by molar-refractivity contribution is -0.137. The highest BCUT2D eigenvalue weighted by molar-refractivity contribution is 6.35. The van der Waals surface area contributed by atoms with Crippen LogP contribution in [0.5, 0.6) is 0 Å². The predicted molar refractivity (Wildman–Crippen MR) is 86.4 cm³/mol.